The van der Waals surface area contributed by atoms with Gasteiger partial charge in [0.25, 0.3) is 0 Å². The van der Waals surface area contributed by atoms with Crippen molar-refractivity contribution in [3.05, 3.63) is 23.9 Å². The summed E-state index contributed by atoms with van der Waals surface area (Å²) in [4.78, 5) is 6.70. The topological polar surface area (TPSA) is 42.1 Å². The minimum atomic E-state index is 0.559. The van der Waals surface area contributed by atoms with Crippen molar-refractivity contribution in [1.29, 1.82) is 0 Å². The largest absolute Gasteiger partial charge is 0.357 e. The van der Waals surface area contributed by atoms with Crippen LogP contribution in [0.5, 0.6) is 0 Å². The molecule has 0 aromatic carbocycles. The molecule has 0 amide bonds. The molecule has 0 aliphatic heterocycles. The van der Waals surface area contributed by atoms with Crippen LogP contribution >= 0.6 is 0 Å². The summed E-state index contributed by atoms with van der Waals surface area (Å²) in [6.45, 7) is 9.19. The number of hydrogen-bond acceptors (Lipinski definition) is 3. The number of rotatable bonds is 5. The summed E-state index contributed by atoms with van der Waals surface area (Å²) < 4.78 is 0. The van der Waals surface area contributed by atoms with Gasteiger partial charge < -0.3 is 10.6 Å². The maximum atomic E-state index is 5.54. The van der Waals surface area contributed by atoms with Crippen LogP contribution in [0.2, 0.25) is 0 Å². The summed E-state index contributed by atoms with van der Waals surface area (Å²) in [5.41, 5.74) is 6.62. The SMILES string of the molecule is CCN(CC(C)C)c1ccc(CN)cn1. The first kappa shape index (κ1) is 12.0. The molecule has 1 aromatic rings. The van der Waals surface area contributed by atoms with Gasteiger partial charge in [-0.2, -0.15) is 0 Å². The van der Waals surface area contributed by atoms with Crippen LogP contribution in [0.1, 0.15) is 26.3 Å². The molecule has 0 aliphatic carbocycles. The van der Waals surface area contributed by atoms with E-state index in [4.69, 9.17) is 5.73 Å². The molecule has 3 nitrogen and oxygen atoms in total. The fourth-order valence-electron chi connectivity index (χ4n) is 1.55. The standard InChI is InChI=1S/C12H21N3/c1-4-15(9-10(2)3)12-6-5-11(7-13)8-14-12/h5-6,8,10H,4,7,9,13H2,1-3H3. The Balaban J connectivity index is 2.74. The second-order valence-electron chi connectivity index (χ2n) is 4.16. The van der Waals surface area contributed by atoms with Crippen molar-refractivity contribution in [3.8, 4) is 0 Å². The van der Waals surface area contributed by atoms with Crippen LogP contribution in [0.3, 0.4) is 0 Å². The van der Waals surface area contributed by atoms with Crippen molar-refractivity contribution in [3.63, 3.8) is 0 Å². The Kier molecular flexibility index (Phi) is 4.56. The first-order valence-corrected chi connectivity index (χ1v) is 5.57. The fraction of sp³-hybridized carbons (Fsp3) is 0.583. The van der Waals surface area contributed by atoms with Crippen LogP contribution in [0, 0.1) is 5.92 Å². The average Bonchev–Trinajstić information content (AvgIpc) is 2.26. The normalized spacial score (nSPS) is 10.7. The molecule has 15 heavy (non-hydrogen) atoms. The summed E-state index contributed by atoms with van der Waals surface area (Å²) in [5.74, 6) is 1.70. The van der Waals surface area contributed by atoms with E-state index in [0.29, 0.717) is 12.5 Å². The van der Waals surface area contributed by atoms with Crippen LogP contribution in [0.15, 0.2) is 18.3 Å². The van der Waals surface area contributed by atoms with Gasteiger partial charge in [0.05, 0.1) is 0 Å². The highest BCUT2D eigenvalue weighted by molar-refractivity contribution is 5.39. The molecule has 0 spiro atoms. The fourth-order valence-corrected chi connectivity index (χ4v) is 1.55. The molecule has 0 bridgehead atoms. The quantitative estimate of drug-likeness (QED) is 0.803. The lowest BCUT2D eigenvalue weighted by Gasteiger charge is -2.23. The number of nitrogens with zero attached hydrogens (tertiary/aromatic N) is 2. The highest BCUT2D eigenvalue weighted by atomic mass is 15.2. The zero-order chi connectivity index (χ0) is 11.3. The molecule has 0 atom stereocenters. The Morgan fingerprint density at radius 1 is 1.40 bits per heavy atom. The lowest BCUT2D eigenvalue weighted by molar-refractivity contribution is 0.614. The van der Waals surface area contributed by atoms with E-state index in [1.807, 2.05) is 18.3 Å². The number of pyridine rings is 1. The molecule has 0 saturated heterocycles. The summed E-state index contributed by atoms with van der Waals surface area (Å²) in [7, 11) is 0. The predicted molar refractivity (Wildman–Crippen MR) is 64.9 cm³/mol. The molecule has 0 unspecified atom stereocenters. The van der Waals surface area contributed by atoms with Crippen molar-refractivity contribution < 1.29 is 0 Å². The lowest BCUT2D eigenvalue weighted by Crippen LogP contribution is -2.28. The second kappa shape index (κ2) is 5.71. The Hall–Kier alpha value is -1.09. The molecule has 0 fully saturated rings. The highest BCUT2D eigenvalue weighted by Crippen LogP contribution is 2.12. The van der Waals surface area contributed by atoms with E-state index in [9.17, 15) is 0 Å². The Bertz CT molecular complexity index is 279. The number of nitrogens with two attached hydrogens (primary N) is 1. The van der Waals surface area contributed by atoms with Gasteiger partial charge in [-0.05, 0) is 24.5 Å². The lowest BCUT2D eigenvalue weighted by atomic mass is 10.2. The Morgan fingerprint density at radius 2 is 2.13 bits per heavy atom. The molecule has 2 N–H and O–H groups in total. The third-order valence-corrected chi connectivity index (χ3v) is 2.34. The highest BCUT2D eigenvalue weighted by Gasteiger charge is 2.07. The van der Waals surface area contributed by atoms with Crippen molar-refractivity contribution in [2.24, 2.45) is 11.7 Å². The Labute approximate surface area is 92.3 Å². The number of hydrogen-bond donors (Lipinski definition) is 1. The van der Waals surface area contributed by atoms with Gasteiger partial charge >= 0.3 is 0 Å². The van der Waals surface area contributed by atoms with Crippen LogP contribution in [-0.2, 0) is 6.54 Å². The average molecular weight is 207 g/mol. The van der Waals surface area contributed by atoms with Gasteiger partial charge in [0.15, 0.2) is 0 Å². The molecule has 1 aromatic heterocycles. The molecular weight excluding hydrogens is 186 g/mol. The molecule has 1 rings (SSSR count). The minimum absolute atomic E-state index is 0.559. The summed E-state index contributed by atoms with van der Waals surface area (Å²) in [6, 6.07) is 4.10. The first-order valence-electron chi connectivity index (χ1n) is 5.57. The van der Waals surface area contributed by atoms with Crippen LogP contribution in [0.4, 0.5) is 5.82 Å². The van der Waals surface area contributed by atoms with Gasteiger partial charge in [0, 0.05) is 25.8 Å². The molecule has 1 heterocycles. The van der Waals surface area contributed by atoms with Crippen LogP contribution in [-0.4, -0.2) is 18.1 Å². The van der Waals surface area contributed by atoms with Crippen molar-refractivity contribution in [2.45, 2.75) is 27.3 Å². The monoisotopic (exact) mass is 207 g/mol. The van der Waals surface area contributed by atoms with E-state index >= 15 is 0 Å². The summed E-state index contributed by atoms with van der Waals surface area (Å²) in [6.07, 6.45) is 1.86. The van der Waals surface area contributed by atoms with Crippen molar-refractivity contribution in [1.82, 2.24) is 4.98 Å². The molecule has 0 radical (unpaired) electrons. The van der Waals surface area contributed by atoms with Gasteiger partial charge in [0.2, 0.25) is 0 Å². The molecule has 0 aliphatic rings. The van der Waals surface area contributed by atoms with E-state index in [1.54, 1.807) is 0 Å². The minimum Gasteiger partial charge on any atom is -0.357 e. The van der Waals surface area contributed by atoms with Crippen molar-refractivity contribution >= 4 is 5.82 Å². The first-order chi connectivity index (χ1) is 7.17. The maximum Gasteiger partial charge on any atom is 0.128 e. The number of anilines is 1. The molecule has 84 valence electrons. The second-order valence-corrected chi connectivity index (χ2v) is 4.16. The van der Waals surface area contributed by atoms with E-state index in [-0.39, 0.29) is 0 Å². The summed E-state index contributed by atoms with van der Waals surface area (Å²) >= 11 is 0. The van der Waals surface area contributed by atoms with Gasteiger partial charge in [0.1, 0.15) is 5.82 Å². The van der Waals surface area contributed by atoms with Gasteiger partial charge in [-0.3, -0.25) is 0 Å². The van der Waals surface area contributed by atoms with E-state index < -0.39 is 0 Å². The zero-order valence-corrected chi connectivity index (χ0v) is 9.90. The zero-order valence-electron chi connectivity index (χ0n) is 9.90. The Morgan fingerprint density at radius 3 is 2.53 bits per heavy atom. The van der Waals surface area contributed by atoms with E-state index in [1.165, 1.54) is 0 Å². The van der Waals surface area contributed by atoms with Gasteiger partial charge in [-0.1, -0.05) is 19.9 Å². The maximum absolute atomic E-state index is 5.54. The summed E-state index contributed by atoms with van der Waals surface area (Å²) in [5, 5.41) is 0. The van der Waals surface area contributed by atoms with Crippen LogP contribution < -0.4 is 10.6 Å². The molecule has 3 heteroatoms. The number of aromatic nitrogens is 1. The smallest absolute Gasteiger partial charge is 0.128 e. The van der Waals surface area contributed by atoms with Gasteiger partial charge in [-0.25, -0.2) is 4.98 Å². The van der Waals surface area contributed by atoms with Crippen molar-refractivity contribution in [2.75, 3.05) is 18.0 Å². The molecule has 0 saturated carbocycles. The van der Waals surface area contributed by atoms with Gasteiger partial charge in [-0.15, -0.1) is 0 Å². The third kappa shape index (κ3) is 3.51. The van der Waals surface area contributed by atoms with E-state index in [0.717, 1.165) is 24.5 Å². The third-order valence-electron chi connectivity index (χ3n) is 2.34. The van der Waals surface area contributed by atoms with Crippen LogP contribution in [0.25, 0.3) is 0 Å². The molecular formula is C12H21N3. The predicted octanol–water partition coefficient (Wildman–Crippen LogP) is 2.02. The van der Waals surface area contributed by atoms with E-state index in [2.05, 4.69) is 30.7 Å².